The van der Waals surface area contributed by atoms with E-state index in [1.54, 1.807) is 24.3 Å². The number of aliphatic hydroxyl groups is 1. The Bertz CT molecular complexity index is 934. The molecule has 1 N–H and O–H groups in total. The van der Waals surface area contributed by atoms with Crippen LogP contribution in [-0.2, 0) is 5.54 Å². The molecule has 2 aliphatic heterocycles. The second kappa shape index (κ2) is 4.94. The molecule has 3 aromatic rings. The first-order valence-electron chi connectivity index (χ1n) is 7.96. The first-order chi connectivity index (χ1) is 11.7. The van der Waals surface area contributed by atoms with Crippen LogP contribution in [0.3, 0.4) is 0 Å². The molecule has 0 bridgehead atoms. The van der Waals surface area contributed by atoms with Crippen molar-refractivity contribution < 1.29 is 5.11 Å². The van der Waals surface area contributed by atoms with E-state index in [2.05, 4.69) is 48.9 Å². The number of imidazole rings is 1. The molecule has 1 saturated heterocycles. The van der Waals surface area contributed by atoms with Gasteiger partial charge in [-0.25, -0.2) is 15.0 Å². The lowest BCUT2D eigenvalue weighted by Crippen LogP contribution is -2.61. The Morgan fingerprint density at radius 3 is 2.96 bits per heavy atom. The monoisotopic (exact) mass is 339 g/mol. The molecule has 0 saturated carbocycles. The first-order valence-corrected chi connectivity index (χ1v) is 9.18. The second-order valence-electron chi connectivity index (χ2n) is 6.54. The number of fused-ring (bicyclic) bond motifs is 3. The summed E-state index contributed by atoms with van der Waals surface area (Å²) in [4.78, 5) is 16.7. The van der Waals surface area contributed by atoms with Crippen LogP contribution in [0.1, 0.15) is 18.3 Å². The number of aromatic nitrogens is 4. The second-order valence-corrected chi connectivity index (χ2v) is 7.42. The number of nitrogens with zero attached hydrogens (tertiary/aromatic N) is 5. The van der Waals surface area contributed by atoms with E-state index in [0.717, 1.165) is 42.1 Å². The topological polar surface area (TPSA) is 67.1 Å². The summed E-state index contributed by atoms with van der Waals surface area (Å²) in [5.41, 5.74) is 0.910. The molecule has 4 heterocycles. The molecule has 0 amide bonds. The lowest BCUT2D eigenvalue weighted by molar-refractivity contribution is 0.128. The van der Waals surface area contributed by atoms with E-state index in [9.17, 15) is 5.11 Å². The maximum Gasteiger partial charge on any atom is 0.140 e. The van der Waals surface area contributed by atoms with Gasteiger partial charge in [0, 0.05) is 42.2 Å². The third kappa shape index (κ3) is 1.85. The van der Waals surface area contributed by atoms with Gasteiger partial charge < -0.3 is 14.6 Å². The number of benzene rings is 1. The molecule has 2 aromatic heterocycles. The summed E-state index contributed by atoms with van der Waals surface area (Å²) < 4.78 is 2.14. The van der Waals surface area contributed by atoms with Gasteiger partial charge in [0.05, 0.1) is 11.1 Å². The van der Waals surface area contributed by atoms with Crippen LogP contribution in [0.5, 0.6) is 0 Å². The number of thioether (sulfide) groups is 1. The molecule has 1 atom stereocenters. The van der Waals surface area contributed by atoms with Crippen molar-refractivity contribution in [2.75, 3.05) is 24.2 Å². The lowest BCUT2D eigenvalue weighted by atomic mass is 9.86. The minimum Gasteiger partial charge on any atom is -0.385 e. The molecule has 24 heavy (non-hydrogen) atoms. The predicted octanol–water partition coefficient (Wildman–Crippen LogP) is 2.20. The molecule has 2 aliphatic rings. The molecular formula is C17H17N5OS. The number of rotatable bonds is 2. The van der Waals surface area contributed by atoms with Crippen LogP contribution in [0, 0.1) is 0 Å². The first kappa shape index (κ1) is 14.2. The SMILES string of the molecule is CSc1ccc2ncnc(N3CC4(CC(O)c5nccn54)C3)c2c1. The lowest BCUT2D eigenvalue weighted by Gasteiger charge is -2.49. The van der Waals surface area contributed by atoms with E-state index < -0.39 is 6.10 Å². The van der Waals surface area contributed by atoms with Gasteiger partial charge in [0.15, 0.2) is 0 Å². The van der Waals surface area contributed by atoms with Crippen LogP contribution in [0.25, 0.3) is 10.9 Å². The van der Waals surface area contributed by atoms with E-state index in [4.69, 9.17) is 0 Å². The van der Waals surface area contributed by atoms with Crippen molar-refractivity contribution in [3.8, 4) is 0 Å². The van der Waals surface area contributed by atoms with E-state index in [0.29, 0.717) is 0 Å². The summed E-state index contributed by atoms with van der Waals surface area (Å²) in [6, 6.07) is 6.30. The van der Waals surface area contributed by atoms with Crippen LogP contribution in [-0.4, -0.2) is 44.0 Å². The molecule has 1 aromatic carbocycles. The average molecular weight is 339 g/mol. The normalized spacial score (nSPS) is 21.2. The maximum absolute atomic E-state index is 10.2. The van der Waals surface area contributed by atoms with Crippen molar-refractivity contribution in [2.24, 2.45) is 0 Å². The van der Waals surface area contributed by atoms with E-state index >= 15 is 0 Å². The highest BCUT2D eigenvalue weighted by molar-refractivity contribution is 7.98. The Labute approximate surface area is 143 Å². The summed E-state index contributed by atoms with van der Waals surface area (Å²) in [5, 5.41) is 11.3. The number of hydrogen-bond donors (Lipinski definition) is 1. The summed E-state index contributed by atoms with van der Waals surface area (Å²) in [7, 11) is 0. The average Bonchev–Trinajstić information content (AvgIpc) is 3.15. The fraction of sp³-hybridized carbons (Fsp3) is 0.353. The molecule has 6 nitrogen and oxygen atoms in total. The Morgan fingerprint density at radius 1 is 1.25 bits per heavy atom. The predicted molar refractivity (Wildman–Crippen MR) is 93.3 cm³/mol. The van der Waals surface area contributed by atoms with Crippen molar-refractivity contribution >= 4 is 28.5 Å². The van der Waals surface area contributed by atoms with Gasteiger partial charge in [0.2, 0.25) is 0 Å². The quantitative estimate of drug-likeness (QED) is 0.722. The molecule has 1 fully saturated rings. The highest BCUT2D eigenvalue weighted by atomic mass is 32.2. The number of aliphatic hydroxyl groups excluding tert-OH is 1. The third-order valence-electron chi connectivity index (χ3n) is 5.14. The summed E-state index contributed by atoms with van der Waals surface area (Å²) in [6.07, 6.45) is 7.72. The minimum atomic E-state index is -0.465. The molecular weight excluding hydrogens is 322 g/mol. The Morgan fingerprint density at radius 2 is 2.12 bits per heavy atom. The standard InChI is InChI=1S/C17H17N5OS/c1-24-11-2-3-13-12(6-11)15(20-10-19-13)21-8-17(9-21)7-14(23)16-18-4-5-22(16)17/h2-6,10,14,23H,7-9H2,1H3. The van der Waals surface area contributed by atoms with E-state index in [1.807, 2.05) is 6.20 Å². The van der Waals surface area contributed by atoms with Crippen molar-refractivity contribution in [1.29, 1.82) is 0 Å². The van der Waals surface area contributed by atoms with Gasteiger partial charge in [-0.15, -0.1) is 11.8 Å². The van der Waals surface area contributed by atoms with Crippen LogP contribution in [0.15, 0.2) is 41.8 Å². The van der Waals surface area contributed by atoms with Gasteiger partial charge in [0.1, 0.15) is 24.1 Å². The Hall–Kier alpha value is -2.12. The van der Waals surface area contributed by atoms with Crippen molar-refractivity contribution in [1.82, 2.24) is 19.5 Å². The summed E-state index contributed by atoms with van der Waals surface area (Å²) in [6.45, 7) is 1.67. The zero-order valence-corrected chi connectivity index (χ0v) is 14.1. The van der Waals surface area contributed by atoms with Crippen LogP contribution >= 0.6 is 11.8 Å². The highest BCUT2D eigenvalue weighted by Gasteiger charge is 2.52. The van der Waals surface area contributed by atoms with Gasteiger partial charge in [0.25, 0.3) is 0 Å². The maximum atomic E-state index is 10.2. The molecule has 7 heteroatoms. The van der Waals surface area contributed by atoms with Gasteiger partial charge in [-0.3, -0.25) is 0 Å². The fourth-order valence-electron chi connectivity index (χ4n) is 4.01. The van der Waals surface area contributed by atoms with Gasteiger partial charge in [-0.1, -0.05) is 0 Å². The highest BCUT2D eigenvalue weighted by Crippen LogP contribution is 2.46. The Balaban J connectivity index is 1.51. The van der Waals surface area contributed by atoms with Crippen LogP contribution in [0.4, 0.5) is 5.82 Å². The van der Waals surface area contributed by atoms with Crippen molar-refractivity contribution in [3.63, 3.8) is 0 Å². The zero-order valence-electron chi connectivity index (χ0n) is 13.3. The zero-order chi connectivity index (χ0) is 16.3. The van der Waals surface area contributed by atoms with E-state index in [-0.39, 0.29) is 5.54 Å². The van der Waals surface area contributed by atoms with Gasteiger partial charge in [-0.2, -0.15) is 0 Å². The van der Waals surface area contributed by atoms with Gasteiger partial charge in [-0.05, 0) is 24.5 Å². The number of hydrogen-bond acceptors (Lipinski definition) is 6. The summed E-state index contributed by atoms with van der Waals surface area (Å²) in [5.74, 6) is 1.76. The van der Waals surface area contributed by atoms with Crippen LogP contribution < -0.4 is 4.90 Å². The molecule has 1 spiro atoms. The van der Waals surface area contributed by atoms with Crippen molar-refractivity contribution in [2.45, 2.75) is 23.0 Å². The van der Waals surface area contributed by atoms with E-state index in [1.165, 1.54) is 4.90 Å². The minimum absolute atomic E-state index is 0.0559. The van der Waals surface area contributed by atoms with Crippen LogP contribution in [0.2, 0.25) is 0 Å². The molecule has 5 rings (SSSR count). The third-order valence-corrected chi connectivity index (χ3v) is 5.87. The molecule has 122 valence electrons. The Kier molecular flexibility index (Phi) is 2.93. The fourth-order valence-corrected chi connectivity index (χ4v) is 4.45. The summed E-state index contributed by atoms with van der Waals surface area (Å²) >= 11 is 1.72. The smallest absolute Gasteiger partial charge is 0.140 e. The molecule has 0 radical (unpaired) electrons. The molecule has 1 unspecified atom stereocenters. The molecule has 0 aliphatic carbocycles. The number of anilines is 1. The largest absolute Gasteiger partial charge is 0.385 e. The van der Waals surface area contributed by atoms with Crippen molar-refractivity contribution in [3.05, 3.63) is 42.7 Å². The van der Waals surface area contributed by atoms with Gasteiger partial charge >= 0.3 is 0 Å².